The van der Waals surface area contributed by atoms with E-state index in [0.717, 1.165) is 31.0 Å². The number of nitrogens with zero attached hydrogens (tertiary/aromatic N) is 1. The number of pyridine rings is 1. The fourth-order valence-electron chi connectivity index (χ4n) is 4.02. The van der Waals surface area contributed by atoms with E-state index in [1.807, 2.05) is 0 Å². The quantitative estimate of drug-likeness (QED) is 0.696. The highest BCUT2D eigenvalue weighted by Gasteiger charge is 2.38. The van der Waals surface area contributed by atoms with Crippen LogP contribution >= 0.6 is 0 Å². The second-order valence-electron chi connectivity index (χ2n) is 7.55. The van der Waals surface area contributed by atoms with E-state index in [2.05, 4.69) is 18.8 Å². The van der Waals surface area contributed by atoms with E-state index in [0.29, 0.717) is 5.56 Å². The number of methoxy groups -OCH3 is 2. The number of aromatic nitrogens is 1. The van der Waals surface area contributed by atoms with Crippen LogP contribution in [0.2, 0.25) is 0 Å². The van der Waals surface area contributed by atoms with Crippen molar-refractivity contribution in [2.24, 2.45) is 5.41 Å². The summed E-state index contributed by atoms with van der Waals surface area (Å²) in [6.07, 6.45) is 3.97. The van der Waals surface area contributed by atoms with E-state index in [-0.39, 0.29) is 28.3 Å². The first-order valence-electron chi connectivity index (χ1n) is 8.90. The molecular formula is C21H23F2NO3. The summed E-state index contributed by atoms with van der Waals surface area (Å²) < 4.78 is 39.1. The molecule has 0 N–H and O–H groups in total. The molecule has 0 unspecified atom stereocenters. The summed E-state index contributed by atoms with van der Waals surface area (Å²) in [5.74, 6) is -1.76. The number of esters is 1. The average Bonchev–Trinajstić information content (AvgIpc) is 3.00. The molecule has 144 valence electrons. The van der Waals surface area contributed by atoms with Gasteiger partial charge in [0.15, 0.2) is 0 Å². The fourth-order valence-corrected chi connectivity index (χ4v) is 4.02. The zero-order valence-electron chi connectivity index (χ0n) is 15.9. The SMILES string of the molecule is COC(=O)c1cc([C@@H]2CCCC2(C)C)c(-c2cc(OC)ncc2F)cc1F. The second-order valence-corrected chi connectivity index (χ2v) is 7.55. The normalized spacial score (nSPS) is 18.4. The van der Waals surface area contributed by atoms with Gasteiger partial charge in [0, 0.05) is 11.6 Å². The van der Waals surface area contributed by atoms with Gasteiger partial charge in [0.05, 0.1) is 26.0 Å². The van der Waals surface area contributed by atoms with Gasteiger partial charge in [0.2, 0.25) is 5.88 Å². The Bertz CT molecular complexity index is 880. The highest BCUT2D eigenvalue weighted by atomic mass is 19.1. The molecule has 1 aromatic carbocycles. The molecule has 1 aliphatic rings. The minimum absolute atomic E-state index is 0.0481. The maximum absolute atomic E-state index is 14.7. The molecule has 1 aromatic heterocycles. The number of carbonyl (C=O) groups is 1. The Labute approximate surface area is 157 Å². The molecule has 1 atom stereocenters. The lowest BCUT2D eigenvalue weighted by atomic mass is 9.75. The third-order valence-corrected chi connectivity index (χ3v) is 5.51. The monoisotopic (exact) mass is 375 g/mol. The summed E-state index contributed by atoms with van der Waals surface area (Å²) in [6, 6.07) is 4.18. The van der Waals surface area contributed by atoms with Gasteiger partial charge < -0.3 is 9.47 Å². The molecule has 4 nitrogen and oxygen atoms in total. The molecule has 1 fully saturated rings. The molecule has 0 bridgehead atoms. The lowest BCUT2D eigenvalue weighted by molar-refractivity contribution is 0.0595. The van der Waals surface area contributed by atoms with Crippen molar-refractivity contribution in [1.29, 1.82) is 0 Å². The molecule has 6 heteroatoms. The van der Waals surface area contributed by atoms with Gasteiger partial charge in [-0.3, -0.25) is 0 Å². The molecule has 3 rings (SSSR count). The van der Waals surface area contributed by atoms with Crippen LogP contribution in [0.5, 0.6) is 5.88 Å². The Morgan fingerprint density at radius 3 is 2.48 bits per heavy atom. The third-order valence-electron chi connectivity index (χ3n) is 5.51. The Morgan fingerprint density at radius 1 is 1.15 bits per heavy atom. The van der Waals surface area contributed by atoms with Gasteiger partial charge in [-0.15, -0.1) is 0 Å². The van der Waals surface area contributed by atoms with Gasteiger partial charge in [-0.1, -0.05) is 20.3 Å². The lowest BCUT2D eigenvalue weighted by Crippen LogP contribution is -2.18. The van der Waals surface area contributed by atoms with E-state index < -0.39 is 17.6 Å². The fraction of sp³-hybridized carbons (Fsp3) is 0.429. The van der Waals surface area contributed by atoms with Crippen LogP contribution in [0.4, 0.5) is 8.78 Å². The van der Waals surface area contributed by atoms with Crippen LogP contribution < -0.4 is 4.74 Å². The summed E-state index contributed by atoms with van der Waals surface area (Å²) in [5, 5.41) is 0. The lowest BCUT2D eigenvalue weighted by Gasteiger charge is -2.29. The zero-order valence-corrected chi connectivity index (χ0v) is 15.9. The molecule has 1 aliphatic carbocycles. The molecule has 1 saturated carbocycles. The largest absolute Gasteiger partial charge is 0.481 e. The maximum Gasteiger partial charge on any atom is 0.340 e. The van der Waals surface area contributed by atoms with E-state index in [4.69, 9.17) is 9.47 Å². The number of rotatable bonds is 4. The van der Waals surface area contributed by atoms with E-state index >= 15 is 0 Å². The molecule has 0 amide bonds. The van der Waals surface area contributed by atoms with Crippen LogP contribution in [0.1, 0.15) is 54.9 Å². The van der Waals surface area contributed by atoms with Crippen molar-refractivity contribution in [3.63, 3.8) is 0 Å². The molecular weight excluding hydrogens is 352 g/mol. The zero-order chi connectivity index (χ0) is 19.8. The van der Waals surface area contributed by atoms with Crippen LogP contribution in [0, 0.1) is 17.0 Å². The Morgan fingerprint density at radius 2 is 1.89 bits per heavy atom. The summed E-state index contributed by atoms with van der Waals surface area (Å²) in [5.41, 5.74) is 1.17. The number of halogens is 2. The minimum atomic E-state index is -0.746. The minimum Gasteiger partial charge on any atom is -0.481 e. The average molecular weight is 375 g/mol. The van der Waals surface area contributed by atoms with Gasteiger partial charge >= 0.3 is 5.97 Å². The molecule has 27 heavy (non-hydrogen) atoms. The van der Waals surface area contributed by atoms with Crippen molar-refractivity contribution in [3.05, 3.63) is 47.2 Å². The number of benzene rings is 1. The van der Waals surface area contributed by atoms with Crippen molar-refractivity contribution >= 4 is 5.97 Å². The van der Waals surface area contributed by atoms with Gasteiger partial charge in [0.25, 0.3) is 0 Å². The predicted molar refractivity (Wildman–Crippen MR) is 97.9 cm³/mol. The molecule has 0 spiro atoms. The van der Waals surface area contributed by atoms with E-state index in [1.54, 1.807) is 0 Å². The highest BCUT2D eigenvalue weighted by molar-refractivity contribution is 5.91. The maximum atomic E-state index is 14.7. The summed E-state index contributed by atoms with van der Waals surface area (Å²) in [7, 11) is 2.65. The first kappa shape index (κ1) is 19.3. The number of ether oxygens (including phenoxy) is 2. The Balaban J connectivity index is 2.27. The topological polar surface area (TPSA) is 48.4 Å². The van der Waals surface area contributed by atoms with Crippen LogP contribution in [0.3, 0.4) is 0 Å². The van der Waals surface area contributed by atoms with E-state index in [9.17, 15) is 13.6 Å². The van der Waals surface area contributed by atoms with Crippen LogP contribution in [-0.4, -0.2) is 25.2 Å². The second kappa shape index (κ2) is 7.25. The van der Waals surface area contributed by atoms with Crippen molar-refractivity contribution in [1.82, 2.24) is 4.98 Å². The van der Waals surface area contributed by atoms with Crippen molar-refractivity contribution in [2.45, 2.75) is 39.0 Å². The molecule has 2 aromatic rings. The Hall–Kier alpha value is -2.50. The van der Waals surface area contributed by atoms with Crippen molar-refractivity contribution < 1.29 is 23.0 Å². The first-order chi connectivity index (χ1) is 12.8. The number of hydrogen-bond donors (Lipinski definition) is 0. The van der Waals surface area contributed by atoms with Gasteiger partial charge in [0.1, 0.15) is 11.6 Å². The number of hydrogen-bond acceptors (Lipinski definition) is 4. The molecule has 1 heterocycles. The standard InChI is InChI=1S/C21H23F2NO3/c1-21(2)7-5-6-16(21)13-8-15(20(25)27-4)17(22)9-12(13)14-10-19(26-3)24-11-18(14)23/h8-11,16H,5-7H2,1-4H3/t16-/m0/s1. The summed E-state index contributed by atoms with van der Waals surface area (Å²) in [4.78, 5) is 15.9. The van der Waals surface area contributed by atoms with E-state index in [1.165, 1.54) is 32.4 Å². The number of carbonyl (C=O) groups excluding carboxylic acids is 1. The van der Waals surface area contributed by atoms with Crippen molar-refractivity contribution in [2.75, 3.05) is 14.2 Å². The van der Waals surface area contributed by atoms with Crippen LogP contribution in [0.15, 0.2) is 24.4 Å². The Kier molecular flexibility index (Phi) is 5.18. The smallest absolute Gasteiger partial charge is 0.340 e. The molecule has 0 radical (unpaired) electrons. The highest BCUT2D eigenvalue weighted by Crippen LogP contribution is 2.51. The van der Waals surface area contributed by atoms with Gasteiger partial charge in [-0.2, -0.15) is 0 Å². The molecule has 0 aliphatic heterocycles. The molecule has 0 saturated heterocycles. The third kappa shape index (κ3) is 3.53. The predicted octanol–water partition coefficient (Wildman–Crippen LogP) is 5.12. The van der Waals surface area contributed by atoms with Gasteiger partial charge in [-0.25, -0.2) is 18.6 Å². The summed E-state index contributed by atoms with van der Waals surface area (Å²) >= 11 is 0. The van der Waals surface area contributed by atoms with Gasteiger partial charge in [-0.05, 0) is 47.4 Å². The van der Waals surface area contributed by atoms with Crippen LogP contribution in [0.25, 0.3) is 11.1 Å². The summed E-state index contributed by atoms with van der Waals surface area (Å²) in [6.45, 7) is 4.28. The van der Waals surface area contributed by atoms with Crippen molar-refractivity contribution in [3.8, 4) is 17.0 Å². The first-order valence-corrected chi connectivity index (χ1v) is 8.90. The van der Waals surface area contributed by atoms with Crippen LogP contribution in [-0.2, 0) is 4.74 Å².